The van der Waals surface area contributed by atoms with E-state index in [1.165, 1.54) is 5.70 Å². The molecule has 4 nitrogen and oxygen atoms in total. The summed E-state index contributed by atoms with van der Waals surface area (Å²) in [5.41, 5.74) is 2.39. The van der Waals surface area contributed by atoms with Crippen LogP contribution in [0.4, 0.5) is 0 Å². The average molecular weight is 280 g/mol. The molecule has 0 bridgehead atoms. The number of rotatable bonds is 4. The van der Waals surface area contributed by atoms with E-state index in [1.807, 2.05) is 0 Å². The van der Waals surface area contributed by atoms with Gasteiger partial charge in [-0.15, -0.1) is 0 Å². The van der Waals surface area contributed by atoms with Crippen LogP contribution in [0.3, 0.4) is 0 Å². The van der Waals surface area contributed by atoms with Gasteiger partial charge in [0.25, 0.3) is 0 Å². The second-order valence-corrected chi connectivity index (χ2v) is 7.10. The van der Waals surface area contributed by atoms with Crippen LogP contribution in [0.1, 0.15) is 40.5 Å². The summed E-state index contributed by atoms with van der Waals surface area (Å²) < 4.78 is 5.23. The number of methoxy groups -OCH3 is 1. The predicted octanol–water partition coefficient (Wildman–Crippen LogP) is 2.26. The molecular formula is C16H28N2O2. The minimum Gasteiger partial charge on any atom is -0.383 e. The molecule has 1 aliphatic carbocycles. The molecule has 0 aromatic rings. The molecule has 114 valence electrons. The van der Waals surface area contributed by atoms with Gasteiger partial charge in [0, 0.05) is 43.9 Å². The number of Topliss-reactive ketones (excluding diaryl/α,β-unsaturated/α-hetero) is 1. The summed E-state index contributed by atoms with van der Waals surface area (Å²) in [5.74, 6) is 0.337. The number of hydrogen-bond acceptors (Lipinski definition) is 4. The highest BCUT2D eigenvalue weighted by Crippen LogP contribution is 2.40. The minimum absolute atomic E-state index is 0.0846. The first-order valence-corrected chi connectivity index (χ1v) is 7.57. The zero-order valence-corrected chi connectivity index (χ0v) is 13.5. The van der Waals surface area contributed by atoms with Crippen LogP contribution in [0.15, 0.2) is 11.3 Å². The standard InChI is InChI=1S/C16H28N2O2/c1-12(2)18-10-13-14(17(11-18)6-7-20-5)8-16(3,4)9-15(13)19/h12H,6-11H2,1-5H3. The Balaban J connectivity index is 2.29. The van der Waals surface area contributed by atoms with Crippen molar-refractivity contribution in [3.8, 4) is 0 Å². The normalized spacial score (nSPS) is 23.5. The van der Waals surface area contributed by atoms with Crippen LogP contribution in [-0.2, 0) is 9.53 Å². The molecule has 20 heavy (non-hydrogen) atoms. The van der Waals surface area contributed by atoms with Gasteiger partial charge < -0.3 is 9.64 Å². The van der Waals surface area contributed by atoms with Gasteiger partial charge in [-0.3, -0.25) is 9.69 Å². The molecule has 0 atom stereocenters. The Bertz CT molecular complexity index is 413. The van der Waals surface area contributed by atoms with E-state index in [-0.39, 0.29) is 5.41 Å². The summed E-state index contributed by atoms with van der Waals surface area (Å²) in [6.45, 7) is 12.1. The fourth-order valence-corrected chi connectivity index (χ4v) is 3.12. The second-order valence-electron chi connectivity index (χ2n) is 7.10. The van der Waals surface area contributed by atoms with Crippen molar-refractivity contribution < 1.29 is 9.53 Å². The van der Waals surface area contributed by atoms with E-state index in [0.29, 0.717) is 24.9 Å². The Hall–Kier alpha value is -0.870. The van der Waals surface area contributed by atoms with Gasteiger partial charge in [0.15, 0.2) is 5.78 Å². The van der Waals surface area contributed by atoms with E-state index >= 15 is 0 Å². The summed E-state index contributed by atoms with van der Waals surface area (Å²) in [7, 11) is 1.73. The molecule has 1 aliphatic heterocycles. The molecular weight excluding hydrogens is 252 g/mol. The lowest BCUT2D eigenvalue weighted by Crippen LogP contribution is -2.51. The number of allylic oxidation sites excluding steroid dienone is 1. The van der Waals surface area contributed by atoms with Gasteiger partial charge in [-0.25, -0.2) is 0 Å². The van der Waals surface area contributed by atoms with Crippen LogP contribution in [0, 0.1) is 5.41 Å². The van der Waals surface area contributed by atoms with Crippen molar-refractivity contribution in [2.45, 2.75) is 46.6 Å². The highest BCUT2D eigenvalue weighted by Gasteiger charge is 2.38. The maximum atomic E-state index is 12.5. The molecule has 0 N–H and O–H groups in total. The van der Waals surface area contributed by atoms with Crippen LogP contribution in [0.5, 0.6) is 0 Å². The van der Waals surface area contributed by atoms with Gasteiger partial charge in [-0.05, 0) is 25.7 Å². The number of nitrogens with zero attached hydrogens (tertiary/aromatic N) is 2. The molecule has 0 fully saturated rings. The van der Waals surface area contributed by atoms with Gasteiger partial charge in [0.05, 0.1) is 13.3 Å². The Labute approximate surface area is 122 Å². The molecule has 2 aliphatic rings. The lowest BCUT2D eigenvalue weighted by Gasteiger charge is -2.46. The van der Waals surface area contributed by atoms with Crippen molar-refractivity contribution in [1.29, 1.82) is 0 Å². The second kappa shape index (κ2) is 5.86. The quantitative estimate of drug-likeness (QED) is 0.791. The predicted molar refractivity (Wildman–Crippen MR) is 80.3 cm³/mol. The van der Waals surface area contributed by atoms with Crippen molar-refractivity contribution in [3.63, 3.8) is 0 Å². The number of ketones is 1. The fraction of sp³-hybridized carbons (Fsp3) is 0.812. The molecule has 0 saturated carbocycles. The van der Waals surface area contributed by atoms with Gasteiger partial charge in [0.2, 0.25) is 0 Å². The van der Waals surface area contributed by atoms with E-state index in [1.54, 1.807) is 7.11 Å². The Kier molecular flexibility index (Phi) is 4.55. The van der Waals surface area contributed by atoms with Crippen molar-refractivity contribution in [1.82, 2.24) is 9.80 Å². The van der Waals surface area contributed by atoms with Gasteiger partial charge in [0.1, 0.15) is 0 Å². The van der Waals surface area contributed by atoms with E-state index in [0.717, 1.165) is 31.8 Å². The molecule has 4 heteroatoms. The fourth-order valence-electron chi connectivity index (χ4n) is 3.12. The van der Waals surface area contributed by atoms with Crippen LogP contribution < -0.4 is 0 Å². The van der Waals surface area contributed by atoms with Crippen molar-refractivity contribution in [2.24, 2.45) is 5.41 Å². The molecule has 0 radical (unpaired) electrons. The Morgan fingerprint density at radius 1 is 1.30 bits per heavy atom. The van der Waals surface area contributed by atoms with Crippen LogP contribution in [0.2, 0.25) is 0 Å². The molecule has 0 unspecified atom stereocenters. The van der Waals surface area contributed by atoms with E-state index in [2.05, 4.69) is 37.5 Å². The third-order valence-corrected chi connectivity index (χ3v) is 4.36. The zero-order chi connectivity index (χ0) is 14.9. The lowest BCUT2D eigenvalue weighted by atomic mass is 9.75. The number of carbonyl (C=O) groups excluding carboxylic acids is 1. The van der Waals surface area contributed by atoms with Crippen LogP contribution >= 0.6 is 0 Å². The summed E-state index contributed by atoms with van der Waals surface area (Å²) >= 11 is 0. The van der Waals surface area contributed by atoms with Gasteiger partial charge >= 0.3 is 0 Å². The average Bonchev–Trinajstić information content (AvgIpc) is 2.34. The maximum absolute atomic E-state index is 12.5. The summed E-state index contributed by atoms with van der Waals surface area (Å²) in [5, 5.41) is 0. The maximum Gasteiger partial charge on any atom is 0.162 e. The highest BCUT2D eigenvalue weighted by atomic mass is 16.5. The first kappa shape index (κ1) is 15.5. The van der Waals surface area contributed by atoms with Crippen molar-refractivity contribution >= 4 is 5.78 Å². The SMILES string of the molecule is COCCN1CN(C(C)C)CC2=C1CC(C)(C)CC2=O. The third-order valence-electron chi connectivity index (χ3n) is 4.36. The van der Waals surface area contributed by atoms with Crippen LogP contribution in [-0.4, -0.2) is 55.1 Å². The first-order valence-electron chi connectivity index (χ1n) is 7.57. The molecule has 0 spiro atoms. The topological polar surface area (TPSA) is 32.8 Å². The van der Waals surface area contributed by atoms with Gasteiger partial charge in [-0.2, -0.15) is 0 Å². The molecule has 0 aromatic heterocycles. The van der Waals surface area contributed by atoms with Gasteiger partial charge in [-0.1, -0.05) is 13.8 Å². The molecule has 2 rings (SSSR count). The largest absolute Gasteiger partial charge is 0.383 e. The lowest BCUT2D eigenvalue weighted by molar-refractivity contribution is -0.119. The molecule has 1 heterocycles. The van der Waals surface area contributed by atoms with Crippen molar-refractivity contribution in [3.05, 3.63) is 11.3 Å². The molecule has 0 amide bonds. The molecule has 0 aromatic carbocycles. The summed E-state index contributed by atoms with van der Waals surface area (Å²) in [6.07, 6.45) is 1.68. The monoisotopic (exact) mass is 280 g/mol. The number of carbonyl (C=O) groups is 1. The highest BCUT2D eigenvalue weighted by molar-refractivity contribution is 5.98. The summed E-state index contributed by atoms with van der Waals surface area (Å²) in [6, 6.07) is 0.455. The zero-order valence-electron chi connectivity index (χ0n) is 13.5. The Morgan fingerprint density at radius 2 is 2.00 bits per heavy atom. The van der Waals surface area contributed by atoms with Crippen LogP contribution in [0.25, 0.3) is 0 Å². The van der Waals surface area contributed by atoms with E-state index in [4.69, 9.17) is 4.74 Å². The van der Waals surface area contributed by atoms with E-state index < -0.39 is 0 Å². The minimum atomic E-state index is 0.0846. The Morgan fingerprint density at radius 3 is 2.60 bits per heavy atom. The molecule has 0 saturated heterocycles. The first-order chi connectivity index (χ1) is 9.34. The van der Waals surface area contributed by atoms with E-state index in [9.17, 15) is 4.79 Å². The number of ether oxygens (including phenoxy) is 1. The third kappa shape index (κ3) is 3.23. The van der Waals surface area contributed by atoms with Crippen molar-refractivity contribution in [2.75, 3.05) is 33.5 Å². The smallest absolute Gasteiger partial charge is 0.162 e. The number of hydrogen-bond donors (Lipinski definition) is 0. The summed E-state index contributed by atoms with van der Waals surface area (Å²) in [4.78, 5) is 17.2.